The molecule has 1 unspecified atom stereocenters. The van der Waals surface area contributed by atoms with Gasteiger partial charge < -0.3 is 26.0 Å². The number of anilines is 1. The average Bonchev–Trinajstić information content (AvgIpc) is 3.42. The lowest BCUT2D eigenvalue weighted by Gasteiger charge is -2.12. The van der Waals surface area contributed by atoms with Crippen molar-refractivity contribution in [2.75, 3.05) is 19.3 Å². The number of likely N-dealkylation sites (tertiary alicyclic amines) is 1. The summed E-state index contributed by atoms with van der Waals surface area (Å²) in [6.45, 7) is 0.694. The first-order valence-corrected chi connectivity index (χ1v) is 10.5. The number of benzene rings is 1. The van der Waals surface area contributed by atoms with Gasteiger partial charge in [0.25, 0.3) is 11.8 Å². The molecule has 1 aliphatic carbocycles. The SMILES string of the molecule is CN1CCC(O)C1=O.NC(=O)c1nc(-c2cccc(-c3ccon3)c2F)cc(C2CC2)c1N. The van der Waals surface area contributed by atoms with Gasteiger partial charge in [0.05, 0.1) is 11.4 Å². The summed E-state index contributed by atoms with van der Waals surface area (Å²) in [5.74, 6) is -1.10. The van der Waals surface area contributed by atoms with E-state index in [1.165, 1.54) is 11.2 Å². The van der Waals surface area contributed by atoms with E-state index < -0.39 is 17.8 Å². The van der Waals surface area contributed by atoms with Crippen LogP contribution in [0.5, 0.6) is 0 Å². The Bertz CT molecular complexity index is 1180. The van der Waals surface area contributed by atoms with Gasteiger partial charge in [0.1, 0.15) is 23.9 Å². The Hall–Kier alpha value is -3.79. The Morgan fingerprint density at radius 3 is 2.39 bits per heavy atom. The number of halogens is 1. The number of amides is 2. The molecule has 3 aromatic rings. The minimum Gasteiger partial charge on any atom is -0.397 e. The van der Waals surface area contributed by atoms with Crippen LogP contribution in [0.15, 0.2) is 41.1 Å². The number of carbonyl (C=O) groups excluding carboxylic acids is 2. The highest BCUT2D eigenvalue weighted by Gasteiger charge is 2.29. The van der Waals surface area contributed by atoms with Crippen molar-refractivity contribution in [3.63, 3.8) is 0 Å². The number of rotatable bonds is 4. The molecule has 1 atom stereocenters. The quantitative estimate of drug-likeness (QED) is 0.549. The van der Waals surface area contributed by atoms with E-state index in [0.29, 0.717) is 29.9 Å². The molecule has 10 heteroatoms. The summed E-state index contributed by atoms with van der Waals surface area (Å²) in [5.41, 5.74) is 13.7. The minimum absolute atomic E-state index is 0.0226. The van der Waals surface area contributed by atoms with E-state index in [-0.39, 0.29) is 28.8 Å². The molecule has 5 N–H and O–H groups in total. The molecule has 2 amide bonds. The van der Waals surface area contributed by atoms with Crippen molar-refractivity contribution < 1.29 is 23.6 Å². The second-order valence-corrected chi connectivity index (χ2v) is 8.11. The average molecular weight is 453 g/mol. The van der Waals surface area contributed by atoms with Crippen molar-refractivity contribution in [1.29, 1.82) is 0 Å². The van der Waals surface area contributed by atoms with Crippen LogP contribution in [-0.2, 0) is 4.79 Å². The predicted octanol–water partition coefficient (Wildman–Crippen LogP) is 2.31. The molecule has 1 saturated heterocycles. The predicted molar refractivity (Wildman–Crippen MR) is 118 cm³/mol. The van der Waals surface area contributed by atoms with Crippen LogP contribution in [0.25, 0.3) is 22.5 Å². The van der Waals surface area contributed by atoms with E-state index >= 15 is 4.39 Å². The molecule has 1 aromatic carbocycles. The van der Waals surface area contributed by atoms with Gasteiger partial charge in [-0.05, 0) is 48.9 Å². The summed E-state index contributed by atoms with van der Waals surface area (Å²) in [7, 11) is 1.69. The van der Waals surface area contributed by atoms with E-state index in [2.05, 4.69) is 10.1 Å². The Morgan fingerprint density at radius 2 is 1.91 bits per heavy atom. The fraction of sp³-hybridized carbons (Fsp3) is 0.304. The first-order valence-electron chi connectivity index (χ1n) is 10.5. The van der Waals surface area contributed by atoms with Crippen LogP contribution in [-0.4, -0.2) is 51.7 Å². The van der Waals surface area contributed by atoms with Gasteiger partial charge in [-0.3, -0.25) is 9.59 Å². The van der Waals surface area contributed by atoms with Crippen molar-refractivity contribution in [2.45, 2.75) is 31.3 Å². The largest absolute Gasteiger partial charge is 0.397 e. The van der Waals surface area contributed by atoms with Gasteiger partial charge in [-0.2, -0.15) is 0 Å². The fourth-order valence-corrected chi connectivity index (χ4v) is 3.72. The van der Waals surface area contributed by atoms with Crippen molar-refractivity contribution in [2.24, 2.45) is 5.73 Å². The van der Waals surface area contributed by atoms with E-state index in [1.54, 1.807) is 37.4 Å². The van der Waals surface area contributed by atoms with Gasteiger partial charge in [0.2, 0.25) is 0 Å². The molecular formula is C23H24FN5O4. The van der Waals surface area contributed by atoms with Crippen LogP contribution in [0.1, 0.15) is 41.2 Å². The standard InChI is InChI=1S/C18H15FN4O2.C5H9NO2/c19-15-10(13-6-7-25-23-13)2-1-3-11(15)14-8-12(9-4-5-9)16(20)17(22-14)18(21)24;1-6-3-2-4(7)5(6)8/h1-3,6-9H,4-5,20H2,(H2,21,24);4,7H,2-3H2,1H3. The topological polar surface area (TPSA) is 149 Å². The van der Waals surface area contributed by atoms with Gasteiger partial charge >= 0.3 is 0 Å². The van der Waals surface area contributed by atoms with Crippen LogP contribution in [0.2, 0.25) is 0 Å². The van der Waals surface area contributed by atoms with Crippen molar-refractivity contribution in [3.8, 4) is 22.5 Å². The van der Waals surface area contributed by atoms with Gasteiger partial charge in [-0.25, -0.2) is 9.37 Å². The summed E-state index contributed by atoms with van der Waals surface area (Å²) in [6, 6.07) is 8.21. The summed E-state index contributed by atoms with van der Waals surface area (Å²) in [6.07, 6.45) is 3.20. The highest BCUT2D eigenvalue weighted by Crippen LogP contribution is 2.44. The number of nitrogens with zero attached hydrogens (tertiary/aromatic N) is 3. The van der Waals surface area contributed by atoms with Crippen LogP contribution >= 0.6 is 0 Å². The zero-order valence-electron chi connectivity index (χ0n) is 18.0. The number of aliphatic hydroxyl groups excluding tert-OH is 1. The Labute approximate surface area is 189 Å². The van der Waals surface area contributed by atoms with Crippen molar-refractivity contribution >= 4 is 17.5 Å². The van der Waals surface area contributed by atoms with E-state index in [1.807, 2.05) is 0 Å². The molecule has 9 nitrogen and oxygen atoms in total. The first-order chi connectivity index (χ1) is 15.8. The molecule has 2 fully saturated rings. The van der Waals surface area contributed by atoms with Crippen molar-refractivity contribution in [3.05, 3.63) is 53.7 Å². The minimum atomic E-state index is -0.727. The summed E-state index contributed by atoms with van der Waals surface area (Å²) in [5, 5.41) is 12.5. The lowest BCUT2D eigenvalue weighted by atomic mass is 10.00. The number of likely N-dealkylation sites (N-methyl/N-ethyl adjacent to an activating group) is 1. The van der Waals surface area contributed by atoms with Gasteiger partial charge in [0.15, 0.2) is 5.69 Å². The van der Waals surface area contributed by atoms with Crippen LogP contribution in [0, 0.1) is 5.82 Å². The number of aromatic nitrogens is 2. The molecule has 1 saturated carbocycles. The number of aliphatic hydroxyl groups is 1. The summed E-state index contributed by atoms with van der Waals surface area (Å²) >= 11 is 0. The maximum absolute atomic E-state index is 15.0. The third-order valence-electron chi connectivity index (χ3n) is 5.73. The monoisotopic (exact) mass is 453 g/mol. The summed E-state index contributed by atoms with van der Waals surface area (Å²) < 4.78 is 19.8. The Kier molecular flexibility index (Phi) is 6.10. The zero-order valence-corrected chi connectivity index (χ0v) is 18.0. The Balaban J connectivity index is 0.000000275. The molecule has 172 valence electrons. The van der Waals surface area contributed by atoms with Gasteiger partial charge in [0, 0.05) is 30.8 Å². The molecule has 1 aliphatic heterocycles. The summed E-state index contributed by atoms with van der Waals surface area (Å²) in [4.78, 5) is 28.0. The molecular weight excluding hydrogens is 429 g/mol. The molecule has 0 radical (unpaired) electrons. The number of hydrogen-bond acceptors (Lipinski definition) is 7. The van der Waals surface area contributed by atoms with Crippen LogP contribution in [0.4, 0.5) is 10.1 Å². The number of nitrogens with two attached hydrogens (primary N) is 2. The second kappa shape index (κ2) is 8.99. The molecule has 2 aromatic heterocycles. The maximum atomic E-state index is 15.0. The molecule has 2 aliphatic rings. The highest BCUT2D eigenvalue weighted by molar-refractivity contribution is 5.97. The third kappa shape index (κ3) is 4.56. The number of nitrogen functional groups attached to an aromatic ring is 1. The zero-order chi connectivity index (χ0) is 23.7. The lowest BCUT2D eigenvalue weighted by molar-refractivity contribution is -0.133. The van der Waals surface area contributed by atoms with Crippen LogP contribution < -0.4 is 11.5 Å². The molecule has 0 bridgehead atoms. The lowest BCUT2D eigenvalue weighted by Crippen LogP contribution is -2.24. The van der Waals surface area contributed by atoms with Gasteiger partial charge in [-0.1, -0.05) is 11.2 Å². The maximum Gasteiger partial charge on any atom is 0.269 e. The molecule has 3 heterocycles. The molecule has 5 rings (SSSR count). The normalized spacial score (nSPS) is 17.6. The van der Waals surface area contributed by atoms with Gasteiger partial charge in [-0.15, -0.1) is 0 Å². The number of primary amides is 1. The van der Waals surface area contributed by atoms with Crippen molar-refractivity contribution in [1.82, 2.24) is 15.0 Å². The number of hydrogen-bond donors (Lipinski definition) is 3. The first kappa shape index (κ1) is 22.4. The second-order valence-electron chi connectivity index (χ2n) is 8.11. The number of pyridine rings is 1. The Morgan fingerprint density at radius 1 is 1.21 bits per heavy atom. The van der Waals surface area contributed by atoms with Crippen LogP contribution in [0.3, 0.4) is 0 Å². The smallest absolute Gasteiger partial charge is 0.269 e. The van der Waals surface area contributed by atoms with E-state index in [9.17, 15) is 9.59 Å². The molecule has 0 spiro atoms. The third-order valence-corrected chi connectivity index (χ3v) is 5.73. The van der Waals surface area contributed by atoms with E-state index in [0.717, 1.165) is 18.4 Å². The van der Waals surface area contributed by atoms with E-state index in [4.69, 9.17) is 21.1 Å². The fourth-order valence-electron chi connectivity index (χ4n) is 3.72. The highest BCUT2D eigenvalue weighted by atomic mass is 19.1. The molecule has 33 heavy (non-hydrogen) atoms. The number of carbonyl (C=O) groups is 2.